The van der Waals surface area contributed by atoms with Crippen LogP contribution in [0.15, 0.2) is 40.9 Å². The smallest absolute Gasteiger partial charge is 0.144 e. The molecule has 0 fully saturated rings. The number of hydrogen-bond donors (Lipinski definition) is 1. The van der Waals surface area contributed by atoms with Crippen molar-refractivity contribution in [1.29, 1.82) is 0 Å². The second kappa shape index (κ2) is 6.06. The Hall–Kier alpha value is -1.55. The van der Waals surface area contributed by atoms with Crippen LogP contribution in [0.1, 0.15) is 17.5 Å². The number of anilines is 1. The molecule has 21 heavy (non-hydrogen) atoms. The zero-order valence-electron chi connectivity index (χ0n) is 11.8. The van der Waals surface area contributed by atoms with Gasteiger partial charge in [-0.25, -0.2) is 4.39 Å². The fraction of sp³-hybridized carbons (Fsp3) is 0.294. The molecule has 1 atom stereocenters. The number of methoxy groups -OCH3 is 1. The van der Waals surface area contributed by atoms with E-state index >= 15 is 0 Å². The number of halogens is 2. The van der Waals surface area contributed by atoms with E-state index in [4.69, 9.17) is 4.74 Å². The molecule has 1 aliphatic rings. The molecule has 0 aliphatic heterocycles. The average molecular weight is 350 g/mol. The van der Waals surface area contributed by atoms with Gasteiger partial charge in [0.2, 0.25) is 0 Å². The van der Waals surface area contributed by atoms with Crippen molar-refractivity contribution in [3.05, 3.63) is 57.8 Å². The number of aryl methyl sites for hydroxylation is 1. The topological polar surface area (TPSA) is 21.3 Å². The van der Waals surface area contributed by atoms with Crippen molar-refractivity contribution in [1.82, 2.24) is 0 Å². The summed E-state index contributed by atoms with van der Waals surface area (Å²) in [5, 5.41) is 3.48. The Bertz CT molecular complexity index is 659. The second-order valence-electron chi connectivity index (χ2n) is 5.34. The lowest BCUT2D eigenvalue weighted by Crippen LogP contribution is -2.27. The summed E-state index contributed by atoms with van der Waals surface area (Å²) in [5.41, 5.74) is 3.64. The zero-order valence-corrected chi connectivity index (χ0v) is 13.4. The van der Waals surface area contributed by atoms with Gasteiger partial charge in [-0.2, -0.15) is 0 Å². The third-order valence-corrected chi connectivity index (χ3v) is 4.41. The second-order valence-corrected chi connectivity index (χ2v) is 6.26. The van der Waals surface area contributed by atoms with Gasteiger partial charge in [-0.1, -0.05) is 22.0 Å². The number of hydrogen-bond acceptors (Lipinski definition) is 2. The van der Waals surface area contributed by atoms with Crippen molar-refractivity contribution < 1.29 is 9.13 Å². The van der Waals surface area contributed by atoms with E-state index in [1.54, 1.807) is 13.2 Å². The summed E-state index contributed by atoms with van der Waals surface area (Å²) in [5.74, 6) is 0.271. The van der Waals surface area contributed by atoms with Gasteiger partial charge in [0.05, 0.1) is 12.8 Å². The van der Waals surface area contributed by atoms with Crippen molar-refractivity contribution >= 4 is 21.6 Å². The first-order valence-corrected chi connectivity index (χ1v) is 7.82. The Labute approximate surface area is 132 Å². The molecule has 0 radical (unpaired) electrons. The van der Waals surface area contributed by atoms with Crippen LogP contribution < -0.4 is 10.1 Å². The van der Waals surface area contributed by atoms with E-state index in [-0.39, 0.29) is 5.82 Å². The molecule has 0 amide bonds. The number of fused-ring (bicyclic) bond motifs is 1. The molecule has 0 saturated heterocycles. The quantitative estimate of drug-likeness (QED) is 0.876. The van der Waals surface area contributed by atoms with Gasteiger partial charge in [-0.05, 0) is 54.7 Å². The summed E-state index contributed by atoms with van der Waals surface area (Å²) in [6, 6.07) is 11.4. The van der Waals surface area contributed by atoms with Crippen molar-refractivity contribution in [3.8, 4) is 5.75 Å². The van der Waals surface area contributed by atoms with Crippen molar-refractivity contribution in [2.75, 3.05) is 12.4 Å². The zero-order chi connectivity index (χ0) is 14.8. The van der Waals surface area contributed by atoms with Gasteiger partial charge in [0.25, 0.3) is 0 Å². The maximum absolute atomic E-state index is 13.2. The van der Waals surface area contributed by atoms with E-state index < -0.39 is 0 Å². The minimum absolute atomic E-state index is 0.281. The van der Waals surface area contributed by atoms with Crippen LogP contribution in [0.4, 0.5) is 10.1 Å². The van der Waals surface area contributed by atoms with E-state index in [0.29, 0.717) is 11.8 Å². The summed E-state index contributed by atoms with van der Waals surface area (Å²) in [7, 11) is 1.56. The molecule has 0 saturated carbocycles. The van der Waals surface area contributed by atoms with Crippen LogP contribution in [0.3, 0.4) is 0 Å². The SMILES string of the molecule is COc1cc(F)ccc1NC1CCc2cc(Br)ccc2C1. The molecule has 110 valence electrons. The van der Waals surface area contributed by atoms with Crippen LogP contribution in [-0.2, 0) is 12.8 Å². The van der Waals surface area contributed by atoms with Gasteiger partial charge in [-0.3, -0.25) is 0 Å². The maximum atomic E-state index is 13.2. The van der Waals surface area contributed by atoms with Crippen LogP contribution in [-0.4, -0.2) is 13.2 Å². The molecular weight excluding hydrogens is 333 g/mol. The first kappa shape index (κ1) is 14.4. The minimum atomic E-state index is -0.281. The van der Waals surface area contributed by atoms with Crippen LogP contribution in [0.2, 0.25) is 0 Å². The Balaban J connectivity index is 1.77. The van der Waals surface area contributed by atoms with Crippen LogP contribution in [0, 0.1) is 5.82 Å². The third kappa shape index (κ3) is 3.21. The van der Waals surface area contributed by atoms with E-state index in [9.17, 15) is 4.39 Å². The minimum Gasteiger partial charge on any atom is -0.494 e. The Morgan fingerprint density at radius 2 is 2.05 bits per heavy atom. The summed E-state index contributed by atoms with van der Waals surface area (Å²) < 4.78 is 19.6. The fourth-order valence-electron chi connectivity index (χ4n) is 2.85. The van der Waals surface area contributed by atoms with Gasteiger partial charge < -0.3 is 10.1 Å². The van der Waals surface area contributed by atoms with Crippen LogP contribution >= 0.6 is 15.9 Å². The van der Waals surface area contributed by atoms with Crippen molar-refractivity contribution in [2.45, 2.75) is 25.3 Å². The molecule has 2 nitrogen and oxygen atoms in total. The molecule has 0 aromatic heterocycles. The molecule has 2 aromatic carbocycles. The number of benzene rings is 2. The standard InChI is InChI=1S/C17H17BrFNO/c1-21-17-10-14(19)5-7-16(17)20-15-6-3-11-8-13(18)4-2-12(11)9-15/h2,4-5,7-8,10,15,20H,3,6,9H2,1H3. The predicted octanol–water partition coefficient (Wildman–Crippen LogP) is 4.57. The molecule has 4 heteroatoms. The fourth-order valence-corrected chi connectivity index (χ4v) is 3.26. The molecule has 0 spiro atoms. The van der Waals surface area contributed by atoms with Gasteiger partial charge in [0.15, 0.2) is 0 Å². The first-order chi connectivity index (χ1) is 10.2. The molecule has 0 bridgehead atoms. The maximum Gasteiger partial charge on any atom is 0.144 e. The first-order valence-electron chi connectivity index (χ1n) is 7.03. The number of ether oxygens (including phenoxy) is 1. The van der Waals surface area contributed by atoms with Gasteiger partial charge in [0.1, 0.15) is 11.6 Å². The summed E-state index contributed by atoms with van der Waals surface area (Å²) in [6.45, 7) is 0. The summed E-state index contributed by atoms with van der Waals surface area (Å²) in [6.07, 6.45) is 3.09. The van der Waals surface area contributed by atoms with Crippen LogP contribution in [0.25, 0.3) is 0 Å². The molecular formula is C17H17BrFNO. The highest BCUT2D eigenvalue weighted by Crippen LogP contribution is 2.30. The largest absolute Gasteiger partial charge is 0.494 e. The highest BCUT2D eigenvalue weighted by molar-refractivity contribution is 9.10. The van der Waals surface area contributed by atoms with Crippen molar-refractivity contribution in [2.24, 2.45) is 0 Å². The van der Waals surface area contributed by atoms with Gasteiger partial charge in [0, 0.05) is 16.6 Å². The highest BCUT2D eigenvalue weighted by Gasteiger charge is 2.19. The Morgan fingerprint density at radius 3 is 2.86 bits per heavy atom. The average Bonchev–Trinajstić information content (AvgIpc) is 2.49. The van der Waals surface area contributed by atoms with E-state index in [1.807, 2.05) is 0 Å². The van der Waals surface area contributed by atoms with Crippen LogP contribution in [0.5, 0.6) is 5.75 Å². The van der Waals surface area contributed by atoms with Gasteiger partial charge >= 0.3 is 0 Å². The van der Waals surface area contributed by atoms with E-state index in [0.717, 1.165) is 29.4 Å². The highest BCUT2D eigenvalue weighted by atomic mass is 79.9. The summed E-state index contributed by atoms with van der Waals surface area (Å²) >= 11 is 3.52. The Morgan fingerprint density at radius 1 is 1.19 bits per heavy atom. The molecule has 1 aliphatic carbocycles. The predicted molar refractivity (Wildman–Crippen MR) is 86.5 cm³/mol. The lowest BCUT2D eigenvalue weighted by molar-refractivity contribution is 0.412. The molecule has 1 N–H and O–H groups in total. The van der Waals surface area contributed by atoms with E-state index in [2.05, 4.69) is 39.4 Å². The Kier molecular flexibility index (Phi) is 4.15. The lowest BCUT2D eigenvalue weighted by atomic mass is 9.88. The monoisotopic (exact) mass is 349 g/mol. The lowest BCUT2D eigenvalue weighted by Gasteiger charge is -2.27. The number of nitrogens with one attached hydrogen (secondary N) is 1. The van der Waals surface area contributed by atoms with E-state index in [1.165, 1.54) is 23.3 Å². The third-order valence-electron chi connectivity index (χ3n) is 3.92. The van der Waals surface area contributed by atoms with Gasteiger partial charge in [-0.15, -0.1) is 0 Å². The van der Waals surface area contributed by atoms with Crippen molar-refractivity contribution in [3.63, 3.8) is 0 Å². The molecule has 3 rings (SSSR count). The number of rotatable bonds is 3. The molecule has 1 unspecified atom stereocenters. The molecule has 2 aromatic rings. The normalized spacial score (nSPS) is 17.2. The molecule has 0 heterocycles. The summed E-state index contributed by atoms with van der Waals surface area (Å²) in [4.78, 5) is 0.